The molecule has 1 atom stereocenters. The summed E-state index contributed by atoms with van der Waals surface area (Å²) in [5.74, 6) is 1.68. The quantitative estimate of drug-likeness (QED) is 0.878. The first-order valence-electron chi connectivity index (χ1n) is 8.08. The predicted molar refractivity (Wildman–Crippen MR) is 88.3 cm³/mol. The monoisotopic (exact) mass is 308 g/mol. The average Bonchev–Trinajstić information content (AvgIpc) is 2.88. The molecule has 118 valence electrons. The van der Waals surface area contributed by atoms with Crippen molar-refractivity contribution >= 4 is 11.7 Å². The average molecular weight is 308 g/mol. The Bertz CT molecular complexity index is 847. The Morgan fingerprint density at radius 3 is 2.87 bits per heavy atom. The molecule has 1 aliphatic heterocycles. The van der Waals surface area contributed by atoms with Crippen LogP contribution in [0.4, 0.5) is 5.95 Å². The summed E-state index contributed by atoms with van der Waals surface area (Å²) in [6.45, 7) is 6.05. The number of Topliss-reactive ketones (excluding diaryl/α,β-unsaturated/α-hetero) is 1. The molecule has 1 aromatic heterocycles. The van der Waals surface area contributed by atoms with Crippen molar-refractivity contribution in [3.05, 3.63) is 52.0 Å². The van der Waals surface area contributed by atoms with Gasteiger partial charge in [-0.3, -0.25) is 4.79 Å². The summed E-state index contributed by atoms with van der Waals surface area (Å²) < 4.78 is 1.87. The Morgan fingerprint density at radius 1 is 1.22 bits per heavy atom. The number of nitrogens with zero attached hydrogens (tertiary/aromatic N) is 3. The van der Waals surface area contributed by atoms with Gasteiger partial charge in [-0.1, -0.05) is 23.8 Å². The lowest BCUT2D eigenvalue weighted by atomic mass is 9.84. The second kappa shape index (κ2) is 5.05. The summed E-state index contributed by atoms with van der Waals surface area (Å²) in [7, 11) is 0. The minimum Gasteiger partial charge on any atom is -0.328 e. The summed E-state index contributed by atoms with van der Waals surface area (Å²) in [6, 6.07) is 6.21. The van der Waals surface area contributed by atoms with Crippen molar-refractivity contribution in [3.63, 3.8) is 0 Å². The van der Waals surface area contributed by atoms with Crippen molar-refractivity contribution in [1.29, 1.82) is 0 Å². The van der Waals surface area contributed by atoms with Crippen LogP contribution in [0.15, 0.2) is 29.5 Å². The molecule has 5 nitrogen and oxygen atoms in total. The van der Waals surface area contributed by atoms with Crippen LogP contribution in [0.5, 0.6) is 0 Å². The van der Waals surface area contributed by atoms with Gasteiger partial charge in [0.1, 0.15) is 11.9 Å². The number of rotatable bonds is 1. The third kappa shape index (κ3) is 2.19. The fourth-order valence-electron chi connectivity index (χ4n) is 3.61. The summed E-state index contributed by atoms with van der Waals surface area (Å²) in [4.78, 5) is 17.2. The summed E-state index contributed by atoms with van der Waals surface area (Å²) >= 11 is 0. The lowest BCUT2D eigenvalue weighted by Crippen LogP contribution is -2.32. The van der Waals surface area contributed by atoms with Crippen molar-refractivity contribution in [2.24, 2.45) is 0 Å². The number of hydrogen-bond acceptors (Lipinski definition) is 4. The Labute approximate surface area is 135 Å². The van der Waals surface area contributed by atoms with Crippen molar-refractivity contribution in [2.75, 3.05) is 5.32 Å². The lowest BCUT2D eigenvalue weighted by molar-refractivity contribution is -0.116. The van der Waals surface area contributed by atoms with Crippen LogP contribution in [-0.4, -0.2) is 20.5 Å². The van der Waals surface area contributed by atoms with Gasteiger partial charge < -0.3 is 5.32 Å². The van der Waals surface area contributed by atoms with Crippen molar-refractivity contribution in [3.8, 4) is 0 Å². The van der Waals surface area contributed by atoms with Crippen LogP contribution < -0.4 is 5.32 Å². The zero-order valence-electron chi connectivity index (χ0n) is 13.7. The number of carbonyl (C=O) groups is 1. The highest BCUT2D eigenvalue weighted by Gasteiger charge is 2.37. The van der Waals surface area contributed by atoms with Gasteiger partial charge in [0.15, 0.2) is 5.78 Å². The van der Waals surface area contributed by atoms with Gasteiger partial charge >= 0.3 is 0 Å². The van der Waals surface area contributed by atoms with Crippen LogP contribution in [0.1, 0.15) is 47.8 Å². The molecule has 0 amide bonds. The molecule has 1 N–H and O–H groups in total. The Balaban J connectivity index is 1.98. The van der Waals surface area contributed by atoms with Crippen molar-refractivity contribution in [1.82, 2.24) is 14.8 Å². The topological polar surface area (TPSA) is 59.8 Å². The fourth-order valence-corrected chi connectivity index (χ4v) is 3.61. The van der Waals surface area contributed by atoms with E-state index >= 15 is 0 Å². The van der Waals surface area contributed by atoms with Crippen LogP contribution in [0.2, 0.25) is 0 Å². The van der Waals surface area contributed by atoms with Gasteiger partial charge in [0.2, 0.25) is 5.95 Å². The summed E-state index contributed by atoms with van der Waals surface area (Å²) in [6.07, 6.45) is 2.41. The van der Waals surface area contributed by atoms with E-state index in [0.717, 1.165) is 41.4 Å². The number of aromatic nitrogens is 3. The molecule has 0 bridgehead atoms. The number of carbonyl (C=O) groups excluding carboxylic acids is 1. The third-order valence-corrected chi connectivity index (χ3v) is 4.70. The number of aryl methyl sites for hydroxylation is 3. The van der Waals surface area contributed by atoms with Crippen molar-refractivity contribution < 1.29 is 4.79 Å². The van der Waals surface area contributed by atoms with Gasteiger partial charge in [0.25, 0.3) is 0 Å². The molecule has 5 heteroatoms. The summed E-state index contributed by atoms with van der Waals surface area (Å²) in [5.41, 5.74) is 5.38. The second-order valence-electron chi connectivity index (χ2n) is 6.48. The lowest BCUT2D eigenvalue weighted by Gasteiger charge is -2.33. The van der Waals surface area contributed by atoms with E-state index in [0.29, 0.717) is 6.42 Å². The smallest absolute Gasteiger partial charge is 0.226 e. The molecule has 2 aliphatic rings. The van der Waals surface area contributed by atoms with Crippen LogP contribution in [0.25, 0.3) is 0 Å². The Morgan fingerprint density at radius 2 is 2.04 bits per heavy atom. The predicted octanol–water partition coefficient (Wildman–Crippen LogP) is 3.23. The van der Waals surface area contributed by atoms with Gasteiger partial charge in [0, 0.05) is 17.7 Å². The molecule has 23 heavy (non-hydrogen) atoms. The number of benzene rings is 1. The number of fused-ring (bicyclic) bond motifs is 1. The molecule has 0 spiro atoms. The zero-order valence-corrected chi connectivity index (χ0v) is 13.7. The van der Waals surface area contributed by atoms with E-state index in [1.165, 1.54) is 11.1 Å². The van der Waals surface area contributed by atoms with Crippen molar-refractivity contribution in [2.45, 2.75) is 46.1 Å². The second-order valence-corrected chi connectivity index (χ2v) is 6.48. The molecule has 0 saturated carbocycles. The molecule has 0 saturated heterocycles. The third-order valence-electron chi connectivity index (χ3n) is 4.70. The molecule has 2 aromatic rings. The van der Waals surface area contributed by atoms with E-state index in [1.54, 1.807) is 0 Å². The molecule has 0 fully saturated rings. The maximum absolute atomic E-state index is 12.7. The molecular weight excluding hydrogens is 288 g/mol. The van der Waals surface area contributed by atoms with E-state index in [2.05, 4.69) is 47.4 Å². The molecule has 1 aromatic carbocycles. The van der Waals surface area contributed by atoms with E-state index in [1.807, 2.05) is 11.6 Å². The van der Waals surface area contributed by atoms with E-state index < -0.39 is 0 Å². The number of hydrogen-bond donors (Lipinski definition) is 1. The highest BCUT2D eigenvalue weighted by Crippen LogP contribution is 2.40. The van der Waals surface area contributed by atoms with E-state index in [-0.39, 0.29) is 11.8 Å². The van der Waals surface area contributed by atoms with E-state index in [4.69, 9.17) is 0 Å². The number of nitrogens with one attached hydrogen (secondary N) is 1. The minimum atomic E-state index is -0.171. The molecule has 4 rings (SSSR count). The zero-order chi connectivity index (χ0) is 16.1. The molecule has 2 heterocycles. The number of anilines is 1. The van der Waals surface area contributed by atoms with Gasteiger partial charge in [-0.05, 0) is 44.7 Å². The SMILES string of the molecule is Cc1ccc(C)c(C2C3=C(CCCC3=O)Nc3nc(C)nn32)c1. The first kappa shape index (κ1) is 14.2. The minimum absolute atomic E-state index is 0.171. The molecule has 1 aliphatic carbocycles. The summed E-state index contributed by atoms with van der Waals surface area (Å²) in [5, 5.41) is 7.89. The standard InChI is InChI=1S/C18H20N4O/c1-10-7-8-11(2)13(9-10)17-16-14(5-4-6-15(16)23)20-18-19-12(3)21-22(17)18/h7-9,17H,4-6H2,1-3H3,(H,19,20,21). The Hall–Kier alpha value is -2.43. The number of ketones is 1. The maximum Gasteiger partial charge on any atom is 0.226 e. The van der Waals surface area contributed by atoms with Gasteiger partial charge in [-0.25, -0.2) is 4.68 Å². The van der Waals surface area contributed by atoms with Crippen LogP contribution in [0, 0.1) is 20.8 Å². The van der Waals surface area contributed by atoms with Gasteiger partial charge in [0.05, 0.1) is 0 Å². The van der Waals surface area contributed by atoms with Crippen LogP contribution in [0.3, 0.4) is 0 Å². The van der Waals surface area contributed by atoms with E-state index in [9.17, 15) is 4.79 Å². The highest BCUT2D eigenvalue weighted by molar-refractivity contribution is 5.99. The number of allylic oxidation sites excluding steroid dienone is 2. The van der Waals surface area contributed by atoms with Gasteiger partial charge in [-0.2, -0.15) is 10.1 Å². The molecule has 1 unspecified atom stereocenters. The first-order valence-corrected chi connectivity index (χ1v) is 8.08. The highest BCUT2D eigenvalue weighted by atomic mass is 16.1. The fraction of sp³-hybridized carbons (Fsp3) is 0.389. The maximum atomic E-state index is 12.7. The van der Waals surface area contributed by atoms with Crippen LogP contribution >= 0.6 is 0 Å². The van der Waals surface area contributed by atoms with Gasteiger partial charge in [-0.15, -0.1) is 0 Å². The first-order chi connectivity index (χ1) is 11.0. The molecular formula is C18H20N4O. The Kier molecular flexibility index (Phi) is 3.11. The normalized spacial score (nSPS) is 20.1. The van der Waals surface area contributed by atoms with Crippen LogP contribution in [-0.2, 0) is 4.79 Å². The largest absolute Gasteiger partial charge is 0.328 e. The molecule has 0 radical (unpaired) electrons.